The number of aromatic carboxylic acids is 1. The van der Waals surface area contributed by atoms with E-state index in [0.29, 0.717) is 45.3 Å². The standard InChI is InChI=1S/C20H17NOS.C18H13NO3.C18H11NO2.C13H11NO2.CHCl3.CH2Cl2.CH4O/c1-14-8-10-18(11-9-14)23-20(22)19-12-17(13-21-15(19)2)16-6-4-3-5-7-16;1-12-16(17(21)18-14(11-20)7-8-22-18)9-15(10-19-12)13-5-3-2-4-6-13;20-17-15-10-14(12-4-2-1-3-5-12)11-19-16(15)7-6-13-8-9-21-18(13)17;1-9-12(13(15)16)7-11(8-14-9)10-5-3-2-4-6-10;2-1(3)4;2-1-3;1-2/h3-13H,1-2H3;2-11H,1H3;1-11H;2-8H,1H3,(H,15,16);1H;1H2;2H,1H3. The number of carbonyl (C=O) groups is 4. The molecule has 13 nitrogen and oxygen atoms in total. The Morgan fingerprint density at radius 3 is 1.38 bits per heavy atom. The molecule has 462 valence electrons. The van der Waals surface area contributed by atoms with Crippen molar-refractivity contribution in [2.24, 2.45) is 0 Å². The van der Waals surface area contributed by atoms with Crippen LogP contribution in [0.1, 0.15) is 69.8 Å². The number of benzene rings is 5. The van der Waals surface area contributed by atoms with E-state index in [1.165, 1.54) is 35.9 Å². The van der Waals surface area contributed by atoms with Crippen molar-refractivity contribution < 1.29 is 38.2 Å². The summed E-state index contributed by atoms with van der Waals surface area (Å²) in [7, 11) is 1.00. The van der Waals surface area contributed by atoms with E-state index in [2.05, 4.69) is 19.9 Å². The minimum atomic E-state index is -0.942. The zero-order valence-electron chi connectivity index (χ0n) is 49.6. The topological polar surface area (TPSA) is 204 Å². The second-order valence-electron chi connectivity index (χ2n) is 19.1. The molecule has 0 unspecified atom stereocenters. The molecule has 0 saturated heterocycles. The van der Waals surface area contributed by atoms with Crippen molar-refractivity contribution in [2.75, 3.05) is 12.4 Å². The molecule has 6 aromatic carbocycles. The maximum Gasteiger partial charge on any atom is 0.337 e. The second-order valence-corrected chi connectivity index (χ2v) is 22.9. The quantitative estimate of drug-likeness (QED) is 0.0566. The Bertz CT molecular complexity index is 4390. The summed E-state index contributed by atoms with van der Waals surface area (Å²) in [5.74, 6) is -1.23. The largest absolute Gasteiger partial charge is 0.478 e. The first-order valence-corrected chi connectivity index (χ1v) is 30.7. The first-order chi connectivity index (χ1) is 44.0. The van der Waals surface area contributed by atoms with E-state index in [1.54, 1.807) is 50.6 Å². The number of carboxylic acids is 1. The summed E-state index contributed by atoms with van der Waals surface area (Å²) in [5.41, 5.74) is 13.2. The van der Waals surface area contributed by atoms with Crippen molar-refractivity contribution in [1.29, 1.82) is 0 Å². The van der Waals surface area contributed by atoms with Gasteiger partial charge in [-0.05, 0) is 122 Å². The van der Waals surface area contributed by atoms with Crippen molar-refractivity contribution in [3.8, 4) is 44.5 Å². The molecular formula is C72H59Cl5N4O9S. The van der Waals surface area contributed by atoms with Crippen LogP contribution in [0.15, 0.2) is 250 Å². The number of aldehydes is 1. The highest BCUT2D eigenvalue weighted by Gasteiger charge is 2.21. The number of furan rings is 2. The molecule has 0 radical (unpaired) electrons. The molecule has 0 amide bonds. The predicted molar refractivity (Wildman–Crippen MR) is 368 cm³/mol. The zero-order chi connectivity index (χ0) is 65.8. The number of hydrogen-bond acceptors (Lipinski definition) is 13. The average molecular weight is 1330 g/mol. The number of nitrogens with zero attached hydrogens (tertiary/aromatic N) is 4. The molecule has 6 aromatic heterocycles. The lowest BCUT2D eigenvalue weighted by Crippen LogP contribution is -2.06. The maximum absolute atomic E-state index is 12.6. The van der Waals surface area contributed by atoms with Crippen LogP contribution in [0.3, 0.4) is 0 Å². The number of aryl methyl sites for hydroxylation is 4. The second kappa shape index (κ2) is 36.5. The fourth-order valence-electron chi connectivity index (χ4n) is 8.61. The Labute approximate surface area is 555 Å². The molecular weight excluding hydrogens is 1270 g/mol. The van der Waals surface area contributed by atoms with E-state index in [1.807, 2.05) is 190 Å². The van der Waals surface area contributed by atoms with Crippen LogP contribution in [0.5, 0.6) is 0 Å². The number of aliphatic hydroxyl groups is 1. The molecule has 6 heterocycles. The monoisotopic (exact) mass is 1330 g/mol. The molecule has 91 heavy (non-hydrogen) atoms. The molecule has 12 rings (SSSR count). The molecule has 0 aliphatic heterocycles. The number of fused-ring (bicyclic) bond motifs is 2. The molecule has 0 aliphatic carbocycles. The predicted octanol–water partition coefficient (Wildman–Crippen LogP) is 18.8. The smallest absolute Gasteiger partial charge is 0.337 e. The van der Waals surface area contributed by atoms with Crippen molar-refractivity contribution in [1.82, 2.24) is 19.9 Å². The number of aliphatic hydroxyl groups excluding tert-OH is 1. The summed E-state index contributed by atoms with van der Waals surface area (Å²) < 4.78 is 9.74. The molecule has 0 spiro atoms. The van der Waals surface area contributed by atoms with E-state index >= 15 is 0 Å². The highest BCUT2D eigenvalue weighted by atomic mass is 35.6. The molecule has 12 aromatic rings. The first-order valence-electron chi connectivity index (χ1n) is 27.5. The Morgan fingerprint density at radius 2 is 0.923 bits per heavy atom. The lowest BCUT2D eigenvalue weighted by molar-refractivity contribution is 0.0695. The summed E-state index contributed by atoms with van der Waals surface area (Å²) in [6, 6.07) is 61.3. The molecule has 2 N–H and O–H groups in total. The van der Waals surface area contributed by atoms with Gasteiger partial charge in [-0.1, -0.05) is 174 Å². The summed E-state index contributed by atoms with van der Waals surface area (Å²) in [6.45, 7) is 7.36. The van der Waals surface area contributed by atoms with Crippen LogP contribution in [0.2, 0.25) is 0 Å². The normalized spacial score (nSPS) is 10.2. The lowest BCUT2D eigenvalue weighted by atomic mass is 10.0. The van der Waals surface area contributed by atoms with Crippen molar-refractivity contribution >= 4 is 115 Å². The van der Waals surface area contributed by atoms with Crippen LogP contribution in [0, 0.1) is 27.7 Å². The lowest BCUT2D eigenvalue weighted by Gasteiger charge is -2.08. The van der Waals surface area contributed by atoms with Crippen LogP contribution >= 0.6 is 69.8 Å². The van der Waals surface area contributed by atoms with E-state index in [9.17, 15) is 24.0 Å². The van der Waals surface area contributed by atoms with Gasteiger partial charge < -0.3 is 19.0 Å². The highest BCUT2D eigenvalue weighted by Crippen LogP contribution is 2.29. The van der Waals surface area contributed by atoms with Crippen LogP contribution in [-0.2, 0) is 0 Å². The summed E-state index contributed by atoms with van der Waals surface area (Å²) in [6.07, 6.45) is 10.5. The fourth-order valence-corrected chi connectivity index (χ4v) is 9.41. The van der Waals surface area contributed by atoms with Crippen LogP contribution in [0.25, 0.3) is 66.4 Å². The summed E-state index contributed by atoms with van der Waals surface area (Å²) in [4.78, 5) is 77.9. The van der Waals surface area contributed by atoms with Gasteiger partial charge >= 0.3 is 5.97 Å². The third-order valence-corrected chi connectivity index (χ3v) is 14.0. The number of thioether (sulfide) groups is 1. The van der Waals surface area contributed by atoms with E-state index in [0.717, 1.165) is 67.6 Å². The Balaban J connectivity index is 0.000000186. The van der Waals surface area contributed by atoms with Gasteiger partial charge in [0.15, 0.2) is 21.9 Å². The van der Waals surface area contributed by atoms with Gasteiger partial charge in [0.2, 0.25) is 16.3 Å². The highest BCUT2D eigenvalue weighted by molar-refractivity contribution is 8.14. The first kappa shape index (κ1) is 71.0. The van der Waals surface area contributed by atoms with Crippen LogP contribution in [-0.4, -0.2) is 70.0 Å². The number of carbonyl (C=O) groups excluding carboxylic acids is 3. The number of ketones is 1. The number of alkyl halides is 5. The van der Waals surface area contributed by atoms with Crippen molar-refractivity contribution in [3.05, 3.63) is 292 Å². The Hall–Kier alpha value is -9.09. The zero-order valence-corrected chi connectivity index (χ0v) is 54.2. The fraction of sp³-hybridized carbons (Fsp3) is 0.0972. The minimum absolute atomic E-state index is 0.0247. The molecule has 0 atom stereocenters. The summed E-state index contributed by atoms with van der Waals surface area (Å²) >= 11 is 25.2. The molecule has 0 aliphatic rings. The molecule has 19 heteroatoms. The average Bonchev–Trinajstić information content (AvgIpc) is 2.72. The van der Waals surface area contributed by atoms with Crippen molar-refractivity contribution in [3.63, 3.8) is 0 Å². The summed E-state index contributed by atoms with van der Waals surface area (Å²) in [5, 5.41) is 17.6. The molecule has 0 bridgehead atoms. The number of rotatable bonds is 10. The van der Waals surface area contributed by atoms with E-state index < -0.39 is 10.3 Å². The Kier molecular flexibility index (Phi) is 28.5. The van der Waals surface area contributed by atoms with Gasteiger partial charge in [-0.15, -0.1) is 23.2 Å². The van der Waals surface area contributed by atoms with Gasteiger partial charge in [0.05, 0.1) is 51.2 Å². The van der Waals surface area contributed by atoms with Gasteiger partial charge in [-0.25, -0.2) is 4.79 Å². The number of halogens is 5. The van der Waals surface area contributed by atoms with Gasteiger partial charge in [-0.3, -0.25) is 39.1 Å². The molecule has 0 saturated carbocycles. The molecule has 0 fully saturated rings. The van der Waals surface area contributed by atoms with Gasteiger partial charge in [-0.2, -0.15) is 0 Å². The van der Waals surface area contributed by atoms with E-state index in [4.69, 9.17) is 77.1 Å². The minimum Gasteiger partial charge on any atom is -0.478 e. The van der Waals surface area contributed by atoms with Crippen molar-refractivity contribution in [2.45, 2.75) is 36.9 Å². The van der Waals surface area contributed by atoms with Gasteiger partial charge in [0, 0.05) is 81.4 Å². The third kappa shape index (κ3) is 20.7. The number of pyridine rings is 4. The van der Waals surface area contributed by atoms with E-state index in [-0.39, 0.29) is 38.6 Å². The van der Waals surface area contributed by atoms with Crippen LogP contribution in [0.4, 0.5) is 0 Å². The third-order valence-electron chi connectivity index (χ3n) is 13.1. The number of aromatic nitrogens is 4. The van der Waals surface area contributed by atoms with Gasteiger partial charge in [0.25, 0.3) is 0 Å². The number of hydrogen-bond donors (Lipinski definition) is 2. The van der Waals surface area contributed by atoms with Crippen LogP contribution < -0.4 is 5.43 Å². The SMILES string of the molecule is CO.Cc1ccc(SC(=O)c2cc(-c3ccccc3)cnc2C)cc1.Cc1ncc(-c2ccccc2)cc1C(=O)O.Cc1ncc(-c2ccccc2)cc1C(=O)c1occc1C=O.ClC(Cl)Cl.ClCCl.O=c1c2cc(-c3ccccc3)cnc2ccc2ccoc12. The van der Waals surface area contributed by atoms with Gasteiger partial charge in [0.1, 0.15) is 0 Å². The maximum atomic E-state index is 12.6. The number of carboxylic acid groups (broad SMARTS) is 1. The Morgan fingerprint density at radius 1 is 0.516 bits per heavy atom.